The molecule has 2 aliphatic rings. The van der Waals surface area contributed by atoms with Crippen LogP contribution in [0.1, 0.15) is 58.8 Å². The highest BCUT2D eigenvalue weighted by atomic mass is 32.2. The van der Waals surface area contributed by atoms with Crippen molar-refractivity contribution in [1.82, 2.24) is 9.88 Å². The SMILES string of the molecule is CCSC(O)[C@@H]1[C@H]2OC(C)(C)O[C@H]2[C@H](c2c[nH]c(C#N)c2N)N1C(=O)OC(C)(C)C. The fourth-order valence-electron chi connectivity index (χ4n) is 4.06. The van der Waals surface area contributed by atoms with Crippen LogP contribution < -0.4 is 5.73 Å². The molecule has 0 bridgehead atoms. The number of aromatic nitrogens is 1. The molecule has 3 heterocycles. The molecule has 10 heteroatoms. The highest BCUT2D eigenvalue weighted by Crippen LogP contribution is 2.50. The van der Waals surface area contributed by atoms with Gasteiger partial charge in [0.2, 0.25) is 0 Å². The monoisotopic (exact) mass is 438 g/mol. The van der Waals surface area contributed by atoms with Gasteiger partial charge in [-0.1, -0.05) is 6.92 Å². The Morgan fingerprint density at radius 3 is 2.63 bits per heavy atom. The van der Waals surface area contributed by atoms with E-state index in [4.69, 9.17) is 19.9 Å². The van der Waals surface area contributed by atoms with Gasteiger partial charge >= 0.3 is 6.09 Å². The van der Waals surface area contributed by atoms with Crippen LogP contribution in [0.2, 0.25) is 0 Å². The first kappa shape index (κ1) is 22.7. The number of anilines is 1. The number of aliphatic hydroxyl groups is 1. The van der Waals surface area contributed by atoms with Crippen molar-refractivity contribution in [3.05, 3.63) is 17.5 Å². The van der Waals surface area contributed by atoms with E-state index in [0.717, 1.165) is 0 Å². The summed E-state index contributed by atoms with van der Waals surface area (Å²) in [5.41, 5.74) is 5.53. The summed E-state index contributed by atoms with van der Waals surface area (Å²) in [6.45, 7) is 10.8. The van der Waals surface area contributed by atoms with Crippen molar-refractivity contribution in [3.8, 4) is 6.07 Å². The molecule has 5 atom stereocenters. The minimum absolute atomic E-state index is 0.204. The summed E-state index contributed by atoms with van der Waals surface area (Å²) in [5, 5.41) is 20.3. The van der Waals surface area contributed by atoms with Crippen LogP contribution in [-0.4, -0.2) is 61.9 Å². The van der Waals surface area contributed by atoms with E-state index in [2.05, 4.69) is 4.98 Å². The number of hydrogen-bond donors (Lipinski definition) is 3. The predicted molar refractivity (Wildman–Crippen MR) is 112 cm³/mol. The minimum atomic E-state index is -0.923. The number of amides is 1. The fourth-order valence-corrected chi connectivity index (χ4v) is 4.88. The summed E-state index contributed by atoms with van der Waals surface area (Å²) < 4.78 is 18.0. The van der Waals surface area contributed by atoms with Crippen LogP contribution in [-0.2, 0) is 14.2 Å². The van der Waals surface area contributed by atoms with E-state index >= 15 is 0 Å². The number of fused-ring (bicyclic) bond motifs is 1. The quantitative estimate of drug-likeness (QED) is 0.611. The van der Waals surface area contributed by atoms with Crippen LogP contribution in [0.4, 0.5) is 10.5 Å². The van der Waals surface area contributed by atoms with E-state index < -0.39 is 47.2 Å². The molecule has 0 radical (unpaired) electrons. The van der Waals surface area contributed by atoms with Gasteiger partial charge in [0.15, 0.2) is 5.79 Å². The summed E-state index contributed by atoms with van der Waals surface area (Å²) >= 11 is 1.31. The maximum absolute atomic E-state index is 13.3. The number of nitrogen functional groups attached to an aromatic ring is 1. The van der Waals surface area contributed by atoms with Crippen LogP contribution in [0.3, 0.4) is 0 Å². The Morgan fingerprint density at radius 1 is 1.47 bits per heavy atom. The maximum Gasteiger partial charge on any atom is 0.411 e. The van der Waals surface area contributed by atoms with Crippen molar-refractivity contribution in [2.24, 2.45) is 0 Å². The van der Waals surface area contributed by atoms with Gasteiger partial charge in [0.25, 0.3) is 0 Å². The molecule has 1 amide bonds. The smallest absolute Gasteiger partial charge is 0.411 e. The lowest BCUT2D eigenvalue weighted by Crippen LogP contribution is -2.50. The largest absolute Gasteiger partial charge is 0.444 e. The van der Waals surface area contributed by atoms with Gasteiger partial charge in [0.05, 0.1) is 11.7 Å². The second-order valence-corrected chi connectivity index (χ2v) is 10.3. The highest BCUT2D eigenvalue weighted by molar-refractivity contribution is 7.99. The molecule has 4 N–H and O–H groups in total. The molecule has 9 nitrogen and oxygen atoms in total. The lowest BCUT2D eigenvalue weighted by Gasteiger charge is -2.37. The second-order valence-electron chi connectivity index (χ2n) is 8.88. The average molecular weight is 439 g/mol. The lowest BCUT2D eigenvalue weighted by atomic mass is 10.0. The molecule has 1 aromatic rings. The van der Waals surface area contributed by atoms with Gasteiger partial charge in [0.1, 0.15) is 41.0 Å². The average Bonchev–Trinajstić information content (AvgIpc) is 3.21. The fraction of sp³-hybridized carbons (Fsp3) is 0.700. The standard InChI is InChI=1S/C20H30N4O5S/c1-7-30-17(25)14-16-15(27-20(5,6)28-16)13(10-9-23-11(8-21)12(10)22)24(14)18(26)29-19(2,3)4/h9,13-17,23,25H,7,22H2,1-6H3/t13-,14-,15-,16+,17?/m0/s1. The number of hydrogen-bond acceptors (Lipinski definition) is 8. The molecule has 0 saturated carbocycles. The number of nitrogens with zero attached hydrogens (tertiary/aromatic N) is 2. The van der Waals surface area contributed by atoms with Crippen molar-refractivity contribution in [3.63, 3.8) is 0 Å². The van der Waals surface area contributed by atoms with Crippen LogP contribution >= 0.6 is 11.8 Å². The molecule has 0 spiro atoms. The van der Waals surface area contributed by atoms with E-state index in [1.807, 2.05) is 13.0 Å². The zero-order valence-electron chi connectivity index (χ0n) is 18.1. The summed E-state index contributed by atoms with van der Waals surface area (Å²) in [7, 11) is 0. The zero-order chi connectivity index (χ0) is 22.4. The van der Waals surface area contributed by atoms with Crippen molar-refractivity contribution >= 4 is 23.5 Å². The summed E-state index contributed by atoms with van der Waals surface area (Å²) in [6.07, 6.45) is -0.184. The van der Waals surface area contributed by atoms with Gasteiger partial charge in [-0.25, -0.2) is 4.79 Å². The number of aromatic amines is 1. The lowest BCUT2D eigenvalue weighted by molar-refractivity contribution is -0.170. The topological polar surface area (TPSA) is 134 Å². The molecule has 3 rings (SSSR count). The van der Waals surface area contributed by atoms with E-state index in [-0.39, 0.29) is 11.4 Å². The summed E-state index contributed by atoms with van der Waals surface area (Å²) in [6, 6.07) is 0.597. The number of nitriles is 1. The number of carbonyl (C=O) groups excluding carboxylic acids is 1. The Morgan fingerprint density at radius 2 is 2.10 bits per heavy atom. The van der Waals surface area contributed by atoms with Gasteiger partial charge in [-0.15, -0.1) is 11.8 Å². The van der Waals surface area contributed by atoms with Gasteiger partial charge in [-0.3, -0.25) is 4.90 Å². The molecule has 2 saturated heterocycles. The summed E-state index contributed by atoms with van der Waals surface area (Å²) in [5.74, 6) is -0.247. The van der Waals surface area contributed by atoms with Gasteiger partial charge in [0, 0.05) is 11.8 Å². The molecule has 0 aliphatic carbocycles. The number of H-pyrrole nitrogens is 1. The number of rotatable bonds is 4. The molecular weight excluding hydrogens is 408 g/mol. The first-order valence-electron chi connectivity index (χ1n) is 9.93. The maximum atomic E-state index is 13.3. The molecule has 2 aliphatic heterocycles. The van der Waals surface area contributed by atoms with E-state index in [1.165, 1.54) is 16.7 Å². The zero-order valence-corrected chi connectivity index (χ0v) is 18.9. The summed E-state index contributed by atoms with van der Waals surface area (Å²) in [4.78, 5) is 17.6. The van der Waals surface area contributed by atoms with Crippen LogP contribution in [0.5, 0.6) is 0 Å². The normalized spacial score (nSPS) is 28.8. The molecule has 30 heavy (non-hydrogen) atoms. The predicted octanol–water partition coefficient (Wildman–Crippen LogP) is 2.72. The number of aliphatic hydroxyl groups excluding tert-OH is 1. The Labute approximate surface area is 180 Å². The third-order valence-electron chi connectivity index (χ3n) is 5.05. The van der Waals surface area contributed by atoms with Crippen molar-refractivity contribution < 1.29 is 24.1 Å². The van der Waals surface area contributed by atoms with Crippen molar-refractivity contribution in [2.45, 2.75) is 82.7 Å². The minimum Gasteiger partial charge on any atom is -0.444 e. The first-order valence-corrected chi connectivity index (χ1v) is 11.0. The molecule has 166 valence electrons. The van der Waals surface area contributed by atoms with Gasteiger partial charge in [-0.05, 0) is 40.4 Å². The van der Waals surface area contributed by atoms with Crippen LogP contribution in [0.25, 0.3) is 0 Å². The van der Waals surface area contributed by atoms with Crippen LogP contribution in [0.15, 0.2) is 6.20 Å². The highest BCUT2D eigenvalue weighted by Gasteiger charge is 2.62. The molecule has 1 unspecified atom stereocenters. The number of thioether (sulfide) groups is 1. The Bertz CT molecular complexity index is 843. The number of likely N-dealkylation sites (tertiary alicyclic amines) is 1. The first-order chi connectivity index (χ1) is 13.9. The molecule has 1 aromatic heterocycles. The third-order valence-corrected chi connectivity index (χ3v) is 6.00. The van der Waals surface area contributed by atoms with Gasteiger partial charge < -0.3 is 30.0 Å². The second kappa shape index (κ2) is 7.96. The van der Waals surface area contributed by atoms with Crippen molar-refractivity contribution in [1.29, 1.82) is 5.26 Å². The Hall–Kier alpha value is -1.93. The van der Waals surface area contributed by atoms with E-state index in [9.17, 15) is 15.2 Å². The molecular formula is C20H30N4O5S. The third kappa shape index (κ3) is 4.12. The Kier molecular flexibility index (Phi) is 6.04. The molecule has 0 aromatic carbocycles. The molecule has 2 fully saturated rings. The van der Waals surface area contributed by atoms with E-state index in [0.29, 0.717) is 11.3 Å². The number of ether oxygens (including phenoxy) is 3. The van der Waals surface area contributed by atoms with Gasteiger partial charge in [-0.2, -0.15) is 5.26 Å². The number of nitrogens with one attached hydrogen (secondary N) is 1. The number of carbonyl (C=O) groups is 1. The van der Waals surface area contributed by atoms with Crippen molar-refractivity contribution in [2.75, 3.05) is 11.5 Å². The van der Waals surface area contributed by atoms with E-state index in [1.54, 1.807) is 40.8 Å². The number of nitrogens with two attached hydrogens (primary N) is 1. The van der Waals surface area contributed by atoms with Crippen LogP contribution in [0, 0.1) is 11.3 Å². The Balaban J connectivity index is 2.12.